The first-order valence-corrected chi connectivity index (χ1v) is 8.29. The highest BCUT2D eigenvalue weighted by atomic mass is 79.9. The Labute approximate surface area is 145 Å². The van der Waals surface area contributed by atoms with E-state index in [1.54, 1.807) is 6.92 Å². The van der Waals surface area contributed by atoms with Gasteiger partial charge in [0.2, 0.25) is 5.91 Å². The minimum atomic E-state index is -0.101. The molecule has 0 spiro atoms. The molecule has 0 saturated heterocycles. The number of amides is 1. The van der Waals surface area contributed by atoms with Crippen LogP contribution in [0.2, 0.25) is 0 Å². The van der Waals surface area contributed by atoms with E-state index in [0.717, 1.165) is 21.2 Å². The Hall–Kier alpha value is -2.01. The van der Waals surface area contributed by atoms with E-state index >= 15 is 0 Å². The Morgan fingerprint density at radius 1 is 1.22 bits per heavy atom. The Kier molecular flexibility index (Phi) is 5.66. The van der Waals surface area contributed by atoms with Gasteiger partial charge in [-0.05, 0) is 46.5 Å². The molecule has 5 heteroatoms. The molecule has 0 unspecified atom stereocenters. The van der Waals surface area contributed by atoms with Gasteiger partial charge in [-0.15, -0.1) is 0 Å². The number of benzene rings is 2. The number of hydrogen-bond acceptors (Lipinski definition) is 3. The fourth-order valence-electron chi connectivity index (χ4n) is 2.17. The van der Waals surface area contributed by atoms with Crippen LogP contribution >= 0.6 is 15.9 Å². The van der Waals surface area contributed by atoms with E-state index in [-0.39, 0.29) is 5.91 Å². The maximum Gasteiger partial charge on any atom is 0.224 e. The predicted octanol–water partition coefficient (Wildman–Crippen LogP) is 4.58. The number of hydrogen-bond donors (Lipinski definition) is 2. The second-order valence-corrected chi connectivity index (χ2v) is 6.15. The molecule has 4 nitrogen and oxygen atoms in total. The van der Waals surface area contributed by atoms with Crippen LogP contribution in [0.1, 0.15) is 30.0 Å². The third kappa shape index (κ3) is 3.85. The molecule has 2 rings (SSSR count). The summed E-state index contributed by atoms with van der Waals surface area (Å²) in [7, 11) is 0. The molecular weight excluding hydrogens is 356 g/mol. The van der Waals surface area contributed by atoms with Crippen LogP contribution in [-0.4, -0.2) is 5.91 Å². The van der Waals surface area contributed by atoms with Crippen LogP contribution in [0.15, 0.2) is 34.8 Å². The van der Waals surface area contributed by atoms with Gasteiger partial charge in [-0.3, -0.25) is 4.79 Å². The summed E-state index contributed by atoms with van der Waals surface area (Å²) in [4.78, 5) is 11.8. The van der Waals surface area contributed by atoms with E-state index < -0.39 is 0 Å². The second-order valence-electron chi connectivity index (χ2n) is 5.36. The average Bonchev–Trinajstić information content (AvgIpc) is 2.58. The van der Waals surface area contributed by atoms with E-state index in [1.807, 2.05) is 44.2 Å². The highest BCUT2D eigenvalue weighted by molar-refractivity contribution is 9.10. The molecule has 0 aliphatic carbocycles. The van der Waals surface area contributed by atoms with Crippen LogP contribution in [-0.2, 0) is 11.4 Å². The topological polar surface area (TPSA) is 64.4 Å². The van der Waals surface area contributed by atoms with Gasteiger partial charge in [0.25, 0.3) is 0 Å². The highest BCUT2D eigenvalue weighted by Crippen LogP contribution is 2.43. The van der Waals surface area contributed by atoms with Gasteiger partial charge in [0.15, 0.2) is 5.75 Å². The summed E-state index contributed by atoms with van der Waals surface area (Å²) in [6.45, 7) is 6.09. The van der Waals surface area contributed by atoms with Crippen molar-refractivity contribution in [3.8, 4) is 5.75 Å². The van der Waals surface area contributed by atoms with Gasteiger partial charge < -0.3 is 15.8 Å². The van der Waals surface area contributed by atoms with E-state index in [1.165, 1.54) is 0 Å². The zero-order chi connectivity index (χ0) is 17.0. The molecule has 0 heterocycles. The summed E-state index contributed by atoms with van der Waals surface area (Å²) in [5.41, 5.74) is 10.2. The molecule has 0 radical (unpaired) electrons. The molecule has 0 fully saturated rings. The minimum absolute atomic E-state index is 0.101. The number of nitrogens with one attached hydrogen (secondary N) is 1. The molecule has 0 aromatic heterocycles. The van der Waals surface area contributed by atoms with Gasteiger partial charge >= 0.3 is 0 Å². The fraction of sp³-hybridized carbons (Fsp3) is 0.278. The van der Waals surface area contributed by atoms with Crippen molar-refractivity contribution in [3.05, 3.63) is 51.5 Å². The summed E-state index contributed by atoms with van der Waals surface area (Å²) in [5, 5.41) is 2.85. The smallest absolute Gasteiger partial charge is 0.224 e. The zero-order valence-corrected chi connectivity index (χ0v) is 15.2. The van der Waals surface area contributed by atoms with Crippen LogP contribution in [0.3, 0.4) is 0 Å². The molecule has 2 aromatic carbocycles. The maximum absolute atomic E-state index is 11.8. The summed E-state index contributed by atoms with van der Waals surface area (Å²) >= 11 is 3.57. The van der Waals surface area contributed by atoms with Crippen LogP contribution in [0.25, 0.3) is 0 Å². The number of carbonyl (C=O) groups excluding carboxylic acids is 1. The number of ether oxygens (including phenoxy) is 1. The van der Waals surface area contributed by atoms with Crippen molar-refractivity contribution in [3.63, 3.8) is 0 Å². The molecule has 0 aliphatic heterocycles. The molecule has 122 valence electrons. The number of nitrogen functional groups attached to an aromatic ring is 1. The average molecular weight is 377 g/mol. The Morgan fingerprint density at radius 3 is 2.48 bits per heavy atom. The molecule has 23 heavy (non-hydrogen) atoms. The lowest BCUT2D eigenvalue weighted by molar-refractivity contribution is -0.115. The van der Waals surface area contributed by atoms with Crippen LogP contribution in [0.4, 0.5) is 11.4 Å². The quantitative estimate of drug-likeness (QED) is 0.750. The molecule has 2 aromatic rings. The summed E-state index contributed by atoms with van der Waals surface area (Å²) in [6, 6.07) is 9.86. The normalized spacial score (nSPS) is 10.4. The molecule has 3 N–H and O–H groups in total. The summed E-state index contributed by atoms with van der Waals surface area (Å²) in [6.07, 6.45) is 0.377. The van der Waals surface area contributed by atoms with Gasteiger partial charge in [-0.1, -0.05) is 37.3 Å². The zero-order valence-electron chi connectivity index (χ0n) is 13.6. The molecule has 1 amide bonds. The molecule has 0 bridgehead atoms. The second kappa shape index (κ2) is 7.51. The van der Waals surface area contributed by atoms with Gasteiger partial charge in [-0.2, -0.15) is 0 Å². The first kappa shape index (κ1) is 17.3. The Morgan fingerprint density at radius 2 is 1.87 bits per heavy atom. The SMILES string of the molecule is CCC(=O)Nc1c(N)c(C)c(C)c(Br)c1OCc1ccccc1. The predicted molar refractivity (Wildman–Crippen MR) is 97.7 cm³/mol. The fourth-order valence-corrected chi connectivity index (χ4v) is 2.78. The molecule has 0 saturated carbocycles. The van der Waals surface area contributed by atoms with Crippen molar-refractivity contribution < 1.29 is 9.53 Å². The van der Waals surface area contributed by atoms with Crippen molar-refractivity contribution in [1.29, 1.82) is 0 Å². The standard InChI is InChI=1S/C18H21BrN2O2/c1-4-14(22)21-17-16(20)12(3)11(2)15(19)18(17)23-10-13-8-6-5-7-9-13/h5-9H,4,10,20H2,1-3H3,(H,21,22). The summed E-state index contributed by atoms with van der Waals surface area (Å²) < 4.78 is 6.79. The lowest BCUT2D eigenvalue weighted by atomic mass is 10.1. The van der Waals surface area contributed by atoms with E-state index in [4.69, 9.17) is 10.5 Å². The Balaban J connectivity index is 2.40. The number of anilines is 2. The number of nitrogens with two attached hydrogens (primary N) is 1. The van der Waals surface area contributed by atoms with Crippen molar-refractivity contribution in [2.75, 3.05) is 11.1 Å². The lowest BCUT2D eigenvalue weighted by Gasteiger charge is -2.20. The lowest BCUT2D eigenvalue weighted by Crippen LogP contribution is -2.14. The largest absolute Gasteiger partial charge is 0.485 e. The van der Waals surface area contributed by atoms with E-state index in [2.05, 4.69) is 21.2 Å². The van der Waals surface area contributed by atoms with E-state index in [9.17, 15) is 4.79 Å². The van der Waals surface area contributed by atoms with Gasteiger partial charge in [0.05, 0.1) is 10.2 Å². The van der Waals surface area contributed by atoms with E-state index in [0.29, 0.717) is 30.2 Å². The first-order chi connectivity index (χ1) is 11.0. The van der Waals surface area contributed by atoms with Crippen molar-refractivity contribution in [1.82, 2.24) is 0 Å². The Bertz CT molecular complexity index is 715. The number of halogens is 1. The molecule has 0 atom stereocenters. The maximum atomic E-state index is 11.8. The van der Waals surface area contributed by atoms with Crippen molar-refractivity contribution in [2.45, 2.75) is 33.8 Å². The molecular formula is C18H21BrN2O2. The number of rotatable bonds is 5. The molecule has 0 aliphatic rings. The van der Waals surface area contributed by atoms with Crippen molar-refractivity contribution >= 4 is 33.2 Å². The third-order valence-corrected chi connectivity index (χ3v) is 4.76. The minimum Gasteiger partial charge on any atom is -0.485 e. The van der Waals surface area contributed by atoms with Crippen LogP contribution in [0, 0.1) is 13.8 Å². The number of carbonyl (C=O) groups is 1. The van der Waals surface area contributed by atoms with Gasteiger partial charge in [-0.25, -0.2) is 0 Å². The van der Waals surface area contributed by atoms with Crippen LogP contribution < -0.4 is 15.8 Å². The third-order valence-electron chi connectivity index (χ3n) is 3.80. The monoisotopic (exact) mass is 376 g/mol. The highest BCUT2D eigenvalue weighted by Gasteiger charge is 2.19. The van der Waals surface area contributed by atoms with Crippen molar-refractivity contribution in [2.24, 2.45) is 0 Å². The summed E-state index contributed by atoms with van der Waals surface area (Å²) in [5.74, 6) is 0.465. The van der Waals surface area contributed by atoms with Crippen LogP contribution in [0.5, 0.6) is 5.75 Å². The van der Waals surface area contributed by atoms with Gasteiger partial charge in [0, 0.05) is 6.42 Å². The van der Waals surface area contributed by atoms with Gasteiger partial charge in [0.1, 0.15) is 12.3 Å². The first-order valence-electron chi connectivity index (χ1n) is 7.50.